The number of aryl methyl sites for hydroxylation is 1. The fourth-order valence-corrected chi connectivity index (χ4v) is 3.31. The molecule has 0 spiro atoms. The van der Waals surface area contributed by atoms with Crippen LogP contribution < -0.4 is 5.32 Å². The zero-order valence-corrected chi connectivity index (χ0v) is 19.6. The second-order valence-electron chi connectivity index (χ2n) is 7.50. The number of benzene rings is 2. The van der Waals surface area contributed by atoms with Gasteiger partial charge in [0.1, 0.15) is 5.56 Å². The van der Waals surface area contributed by atoms with Gasteiger partial charge in [-0.15, -0.1) is 0 Å². The number of rotatable bonds is 10. The van der Waals surface area contributed by atoms with Crippen molar-refractivity contribution in [3.8, 4) is 0 Å². The van der Waals surface area contributed by atoms with E-state index in [2.05, 4.69) is 10.3 Å². The Hall–Kier alpha value is -3.94. The lowest BCUT2D eigenvalue weighted by Crippen LogP contribution is -2.14. The van der Waals surface area contributed by atoms with Gasteiger partial charge < -0.3 is 19.5 Å². The summed E-state index contributed by atoms with van der Waals surface area (Å²) in [5.41, 5.74) is 3.27. The summed E-state index contributed by atoms with van der Waals surface area (Å²) in [6, 6.07) is 12.1. The van der Waals surface area contributed by atoms with E-state index in [9.17, 15) is 14.4 Å². The summed E-state index contributed by atoms with van der Waals surface area (Å²) in [6.45, 7) is 6.49. The number of ether oxygens (including phenoxy) is 3. The van der Waals surface area contributed by atoms with E-state index >= 15 is 0 Å². The molecule has 2 aromatic carbocycles. The molecule has 0 saturated carbocycles. The lowest BCUT2D eigenvalue weighted by atomic mass is 10.1. The van der Waals surface area contributed by atoms with Gasteiger partial charge in [-0.3, -0.25) is 4.98 Å². The van der Waals surface area contributed by atoms with Crippen LogP contribution in [0.15, 0.2) is 48.7 Å². The van der Waals surface area contributed by atoms with Crippen LogP contribution in [-0.2, 0) is 14.2 Å². The molecule has 0 fully saturated rings. The Kier molecular flexibility index (Phi) is 8.56. The highest BCUT2D eigenvalue weighted by Gasteiger charge is 2.18. The molecule has 3 rings (SSSR count). The highest BCUT2D eigenvalue weighted by molar-refractivity contribution is 6.06. The van der Waals surface area contributed by atoms with Crippen molar-refractivity contribution in [2.45, 2.75) is 27.2 Å². The van der Waals surface area contributed by atoms with Crippen molar-refractivity contribution < 1.29 is 28.6 Å². The molecule has 1 N–H and O–H groups in total. The molecule has 0 aliphatic rings. The first-order chi connectivity index (χ1) is 16.4. The minimum Gasteiger partial charge on any atom is -0.462 e. The van der Waals surface area contributed by atoms with Gasteiger partial charge in [0, 0.05) is 18.1 Å². The zero-order chi connectivity index (χ0) is 24.5. The van der Waals surface area contributed by atoms with Gasteiger partial charge in [0.25, 0.3) is 0 Å². The predicted octanol–water partition coefficient (Wildman–Crippen LogP) is 4.56. The van der Waals surface area contributed by atoms with Gasteiger partial charge in [-0.2, -0.15) is 0 Å². The SMILES string of the molecule is CCOC(=O)c1ccc2ncc(C(=O)OCC)c(NCCCOC(=O)c3ccc(C)cc3)c2c1. The van der Waals surface area contributed by atoms with E-state index in [0.717, 1.165) is 5.56 Å². The zero-order valence-electron chi connectivity index (χ0n) is 19.6. The number of esters is 3. The van der Waals surface area contributed by atoms with Crippen molar-refractivity contribution in [1.82, 2.24) is 4.98 Å². The van der Waals surface area contributed by atoms with Crippen LogP contribution in [0, 0.1) is 6.92 Å². The van der Waals surface area contributed by atoms with Gasteiger partial charge in [-0.25, -0.2) is 14.4 Å². The molecular weight excluding hydrogens is 436 g/mol. The second-order valence-corrected chi connectivity index (χ2v) is 7.50. The summed E-state index contributed by atoms with van der Waals surface area (Å²) in [5.74, 6) is -1.37. The van der Waals surface area contributed by atoms with Gasteiger partial charge in [-0.1, -0.05) is 17.7 Å². The molecule has 1 aromatic heterocycles. The Morgan fingerprint density at radius 1 is 0.853 bits per heavy atom. The minimum absolute atomic E-state index is 0.200. The second kappa shape index (κ2) is 11.8. The minimum atomic E-state index is -0.522. The molecule has 0 atom stereocenters. The maximum absolute atomic E-state index is 12.5. The normalized spacial score (nSPS) is 10.6. The molecule has 178 valence electrons. The van der Waals surface area contributed by atoms with Crippen LogP contribution in [0.1, 0.15) is 56.9 Å². The Morgan fingerprint density at radius 2 is 1.50 bits per heavy atom. The van der Waals surface area contributed by atoms with Crippen LogP contribution in [0.5, 0.6) is 0 Å². The lowest BCUT2D eigenvalue weighted by molar-refractivity contribution is 0.0500. The molecule has 0 aliphatic heterocycles. The highest BCUT2D eigenvalue weighted by Crippen LogP contribution is 2.28. The number of fused-ring (bicyclic) bond motifs is 1. The van der Waals surface area contributed by atoms with E-state index in [1.165, 1.54) is 6.20 Å². The van der Waals surface area contributed by atoms with Gasteiger partial charge >= 0.3 is 17.9 Å². The third-order valence-corrected chi connectivity index (χ3v) is 5.02. The molecule has 1 heterocycles. The van der Waals surface area contributed by atoms with Crippen molar-refractivity contribution in [2.24, 2.45) is 0 Å². The van der Waals surface area contributed by atoms with Crippen LogP contribution in [0.3, 0.4) is 0 Å². The molecule has 0 radical (unpaired) electrons. The van der Waals surface area contributed by atoms with Crippen LogP contribution >= 0.6 is 0 Å². The number of hydrogen-bond donors (Lipinski definition) is 1. The number of hydrogen-bond acceptors (Lipinski definition) is 8. The van der Waals surface area contributed by atoms with E-state index < -0.39 is 11.9 Å². The summed E-state index contributed by atoms with van der Waals surface area (Å²) in [4.78, 5) is 41.3. The standard InChI is InChI=1S/C26H28N2O6/c1-4-32-25(30)19-11-12-22-20(15-19)23(21(16-28-22)26(31)33-5-2)27-13-6-14-34-24(29)18-9-7-17(3)8-10-18/h7-12,15-16H,4-6,13-14H2,1-3H3,(H,27,28). The average Bonchev–Trinajstić information content (AvgIpc) is 2.84. The van der Waals surface area contributed by atoms with E-state index in [0.29, 0.717) is 40.7 Å². The largest absolute Gasteiger partial charge is 0.462 e. The fraction of sp³-hybridized carbons (Fsp3) is 0.308. The van der Waals surface area contributed by atoms with Crippen LogP contribution in [0.25, 0.3) is 10.9 Å². The van der Waals surface area contributed by atoms with Gasteiger partial charge in [-0.05, 0) is 57.5 Å². The quantitative estimate of drug-likeness (QED) is 0.265. The van der Waals surface area contributed by atoms with E-state index in [4.69, 9.17) is 14.2 Å². The summed E-state index contributed by atoms with van der Waals surface area (Å²) in [5, 5.41) is 3.82. The number of nitrogens with one attached hydrogen (secondary N) is 1. The number of nitrogens with zero attached hydrogens (tertiary/aromatic N) is 1. The van der Waals surface area contributed by atoms with E-state index in [-0.39, 0.29) is 31.4 Å². The number of anilines is 1. The number of pyridine rings is 1. The van der Waals surface area contributed by atoms with Gasteiger partial charge in [0.05, 0.1) is 42.2 Å². The predicted molar refractivity (Wildman–Crippen MR) is 128 cm³/mol. The molecule has 0 aliphatic carbocycles. The molecule has 8 heteroatoms. The first-order valence-corrected chi connectivity index (χ1v) is 11.2. The van der Waals surface area contributed by atoms with Gasteiger partial charge in [0.15, 0.2) is 0 Å². The van der Waals surface area contributed by atoms with Crippen molar-refractivity contribution >= 4 is 34.5 Å². The lowest BCUT2D eigenvalue weighted by Gasteiger charge is -2.15. The summed E-state index contributed by atoms with van der Waals surface area (Å²) in [7, 11) is 0. The van der Waals surface area contributed by atoms with Crippen LogP contribution in [-0.4, -0.2) is 49.3 Å². The molecule has 0 bridgehead atoms. The number of carbonyl (C=O) groups excluding carboxylic acids is 3. The topological polar surface area (TPSA) is 104 Å². The van der Waals surface area contributed by atoms with Crippen molar-refractivity contribution in [1.29, 1.82) is 0 Å². The van der Waals surface area contributed by atoms with Crippen LogP contribution in [0.4, 0.5) is 5.69 Å². The first-order valence-electron chi connectivity index (χ1n) is 11.2. The molecule has 8 nitrogen and oxygen atoms in total. The first kappa shape index (κ1) is 24.7. The van der Waals surface area contributed by atoms with Crippen molar-refractivity contribution in [3.63, 3.8) is 0 Å². The van der Waals surface area contributed by atoms with Crippen molar-refractivity contribution in [3.05, 3.63) is 70.9 Å². The molecule has 0 saturated heterocycles. The van der Waals surface area contributed by atoms with Crippen LogP contribution in [0.2, 0.25) is 0 Å². The average molecular weight is 465 g/mol. The third-order valence-electron chi connectivity index (χ3n) is 5.02. The molecular formula is C26H28N2O6. The maximum atomic E-state index is 12.5. The molecule has 0 unspecified atom stereocenters. The van der Waals surface area contributed by atoms with Crippen molar-refractivity contribution in [2.75, 3.05) is 31.7 Å². The Morgan fingerprint density at radius 3 is 2.21 bits per heavy atom. The Balaban J connectivity index is 1.75. The summed E-state index contributed by atoms with van der Waals surface area (Å²) in [6.07, 6.45) is 1.95. The fourth-order valence-electron chi connectivity index (χ4n) is 3.31. The van der Waals surface area contributed by atoms with Gasteiger partial charge in [0.2, 0.25) is 0 Å². The number of aromatic nitrogens is 1. The third kappa shape index (κ3) is 6.10. The molecule has 34 heavy (non-hydrogen) atoms. The number of carbonyl (C=O) groups is 3. The summed E-state index contributed by atoms with van der Waals surface area (Å²) >= 11 is 0. The Labute approximate surface area is 198 Å². The molecule has 3 aromatic rings. The maximum Gasteiger partial charge on any atom is 0.341 e. The summed E-state index contributed by atoms with van der Waals surface area (Å²) < 4.78 is 15.6. The smallest absolute Gasteiger partial charge is 0.341 e. The van der Waals surface area contributed by atoms with E-state index in [1.54, 1.807) is 44.2 Å². The Bertz CT molecular complexity index is 1170. The van der Waals surface area contributed by atoms with E-state index in [1.807, 2.05) is 19.1 Å². The molecule has 0 amide bonds. The highest BCUT2D eigenvalue weighted by atomic mass is 16.5. The monoisotopic (exact) mass is 464 g/mol.